The number of carbonyl (C=O) groups excluding carboxylic acids is 2. The first-order chi connectivity index (χ1) is 9.94. The van der Waals surface area contributed by atoms with Crippen molar-refractivity contribution >= 4 is 17.6 Å². The number of esters is 1. The zero-order chi connectivity index (χ0) is 15.5. The predicted octanol–water partition coefficient (Wildman–Crippen LogP) is 1.57. The standard InChI is InChI=1S/C15H18N2O4/c1-15(2,14(19)20-3)16-13(18)11-9-12(21-17-11)10-7-5-4-6-8-10/h4-8,12H,9H2,1-3H3,(H,16,18)/t12-/m1/s1. The molecule has 1 aromatic rings. The second-order valence-corrected chi connectivity index (χ2v) is 5.32. The Balaban J connectivity index is 1.98. The number of carbonyl (C=O) groups is 2. The first-order valence-electron chi connectivity index (χ1n) is 6.62. The fourth-order valence-corrected chi connectivity index (χ4v) is 2.02. The van der Waals surface area contributed by atoms with Gasteiger partial charge >= 0.3 is 5.97 Å². The van der Waals surface area contributed by atoms with E-state index in [2.05, 4.69) is 15.2 Å². The summed E-state index contributed by atoms with van der Waals surface area (Å²) < 4.78 is 4.64. The molecule has 0 unspecified atom stereocenters. The lowest BCUT2D eigenvalue weighted by molar-refractivity contribution is -0.148. The Morgan fingerprint density at radius 1 is 1.33 bits per heavy atom. The zero-order valence-corrected chi connectivity index (χ0v) is 12.3. The van der Waals surface area contributed by atoms with Crippen molar-refractivity contribution < 1.29 is 19.2 Å². The molecule has 0 saturated carbocycles. The van der Waals surface area contributed by atoms with Crippen molar-refractivity contribution in [2.24, 2.45) is 5.16 Å². The van der Waals surface area contributed by atoms with Crippen molar-refractivity contribution in [3.63, 3.8) is 0 Å². The van der Waals surface area contributed by atoms with Gasteiger partial charge in [-0.2, -0.15) is 0 Å². The van der Waals surface area contributed by atoms with Crippen LogP contribution in [-0.4, -0.2) is 30.2 Å². The fourth-order valence-electron chi connectivity index (χ4n) is 2.02. The minimum atomic E-state index is -1.11. The molecule has 1 N–H and O–H groups in total. The van der Waals surface area contributed by atoms with Gasteiger partial charge in [0.15, 0.2) is 6.10 Å². The van der Waals surface area contributed by atoms with Gasteiger partial charge in [0.05, 0.1) is 7.11 Å². The Morgan fingerprint density at radius 3 is 2.62 bits per heavy atom. The van der Waals surface area contributed by atoms with E-state index in [1.807, 2.05) is 30.3 Å². The molecule has 1 atom stereocenters. The molecule has 0 aromatic heterocycles. The van der Waals surface area contributed by atoms with E-state index >= 15 is 0 Å². The molecule has 1 aromatic carbocycles. The van der Waals surface area contributed by atoms with E-state index in [0.29, 0.717) is 6.42 Å². The number of ether oxygens (including phenoxy) is 1. The topological polar surface area (TPSA) is 77.0 Å². The van der Waals surface area contributed by atoms with Crippen molar-refractivity contribution in [3.05, 3.63) is 35.9 Å². The lowest BCUT2D eigenvalue weighted by Crippen LogP contribution is -2.52. The lowest BCUT2D eigenvalue weighted by Gasteiger charge is -2.22. The monoisotopic (exact) mass is 290 g/mol. The molecule has 0 bridgehead atoms. The fraction of sp³-hybridized carbons (Fsp3) is 0.400. The van der Waals surface area contributed by atoms with Crippen LogP contribution in [0, 0.1) is 0 Å². The van der Waals surface area contributed by atoms with E-state index in [-0.39, 0.29) is 11.8 Å². The molecule has 0 aliphatic carbocycles. The van der Waals surface area contributed by atoms with Crippen LogP contribution in [0.2, 0.25) is 0 Å². The molecule has 0 radical (unpaired) electrons. The molecule has 112 valence electrons. The van der Waals surface area contributed by atoms with Gasteiger partial charge in [-0.1, -0.05) is 35.5 Å². The van der Waals surface area contributed by atoms with Crippen LogP contribution in [0.5, 0.6) is 0 Å². The van der Waals surface area contributed by atoms with E-state index in [4.69, 9.17) is 4.84 Å². The van der Waals surface area contributed by atoms with Gasteiger partial charge in [0, 0.05) is 6.42 Å². The summed E-state index contributed by atoms with van der Waals surface area (Å²) in [5, 5.41) is 6.41. The van der Waals surface area contributed by atoms with E-state index in [9.17, 15) is 9.59 Å². The highest BCUT2D eigenvalue weighted by atomic mass is 16.6. The average Bonchev–Trinajstić information content (AvgIpc) is 2.96. The largest absolute Gasteiger partial charge is 0.467 e. The maximum atomic E-state index is 12.1. The maximum absolute atomic E-state index is 12.1. The second-order valence-electron chi connectivity index (χ2n) is 5.32. The van der Waals surface area contributed by atoms with Crippen LogP contribution < -0.4 is 5.32 Å². The predicted molar refractivity (Wildman–Crippen MR) is 76.6 cm³/mol. The highest BCUT2D eigenvalue weighted by Gasteiger charge is 2.34. The third-order valence-corrected chi connectivity index (χ3v) is 3.22. The molecule has 0 fully saturated rings. The maximum Gasteiger partial charge on any atom is 0.330 e. The third-order valence-electron chi connectivity index (χ3n) is 3.22. The average molecular weight is 290 g/mol. The Labute approximate surface area is 123 Å². The Hall–Kier alpha value is -2.37. The van der Waals surface area contributed by atoms with Crippen LogP contribution in [-0.2, 0) is 19.2 Å². The summed E-state index contributed by atoms with van der Waals surface area (Å²) in [4.78, 5) is 29.0. The molecule has 21 heavy (non-hydrogen) atoms. The van der Waals surface area contributed by atoms with Crippen LogP contribution in [0.4, 0.5) is 0 Å². The normalized spacial score (nSPS) is 17.7. The van der Waals surface area contributed by atoms with Crippen LogP contribution in [0.25, 0.3) is 0 Å². The molecule has 1 aliphatic heterocycles. The number of oxime groups is 1. The molecule has 1 aliphatic rings. The van der Waals surface area contributed by atoms with Gasteiger partial charge < -0.3 is 14.9 Å². The SMILES string of the molecule is COC(=O)C(C)(C)NC(=O)C1=NO[C@@H](c2ccccc2)C1. The summed E-state index contributed by atoms with van der Waals surface area (Å²) in [7, 11) is 1.28. The number of hydrogen-bond donors (Lipinski definition) is 1. The van der Waals surface area contributed by atoms with E-state index in [1.54, 1.807) is 13.8 Å². The van der Waals surface area contributed by atoms with Crippen molar-refractivity contribution in [1.29, 1.82) is 0 Å². The highest BCUT2D eigenvalue weighted by molar-refractivity contribution is 6.39. The highest BCUT2D eigenvalue weighted by Crippen LogP contribution is 2.27. The number of hydrogen-bond acceptors (Lipinski definition) is 5. The molecule has 0 spiro atoms. The van der Waals surface area contributed by atoms with Crippen LogP contribution >= 0.6 is 0 Å². The zero-order valence-electron chi connectivity index (χ0n) is 12.3. The molecule has 0 saturated heterocycles. The minimum Gasteiger partial charge on any atom is -0.467 e. The Morgan fingerprint density at radius 2 is 2.00 bits per heavy atom. The number of benzene rings is 1. The minimum absolute atomic E-state index is 0.265. The quantitative estimate of drug-likeness (QED) is 0.854. The van der Waals surface area contributed by atoms with Crippen molar-refractivity contribution in [1.82, 2.24) is 5.32 Å². The first kappa shape index (κ1) is 15.0. The second kappa shape index (κ2) is 5.95. The first-order valence-corrected chi connectivity index (χ1v) is 6.62. The summed E-state index contributed by atoms with van der Waals surface area (Å²) in [6.45, 7) is 3.14. The van der Waals surface area contributed by atoms with Gasteiger partial charge in [0.1, 0.15) is 11.3 Å². The summed E-state index contributed by atoms with van der Waals surface area (Å²) in [5.41, 5.74) is 0.108. The molecule has 1 amide bonds. The van der Waals surface area contributed by atoms with Crippen LogP contribution in [0.1, 0.15) is 31.9 Å². The summed E-state index contributed by atoms with van der Waals surface area (Å²) in [6.07, 6.45) is 0.0980. The van der Waals surface area contributed by atoms with Gasteiger partial charge in [0.25, 0.3) is 5.91 Å². The van der Waals surface area contributed by atoms with Crippen LogP contribution in [0.3, 0.4) is 0 Å². The third kappa shape index (κ3) is 3.39. The Kier molecular flexibility index (Phi) is 4.26. The van der Waals surface area contributed by atoms with Crippen molar-refractivity contribution in [2.75, 3.05) is 7.11 Å². The van der Waals surface area contributed by atoms with Crippen molar-refractivity contribution in [3.8, 4) is 0 Å². The van der Waals surface area contributed by atoms with Gasteiger partial charge in [-0.05, 0) is 19.4 Å². The lowest BCUT2D eigenvalue weighted by atomic mass is 10.0. The number of nitrogens with one attached hydrogen (secondary N) is 1. The smallest absolute Gasteiger partial charge is 0.330 e. The van der Waals surface area contributed by atoms with E-state index in [1.165, 1.54) is 7.11 Å². The molecular weight excluding hydrogens is 272 g/mol. The van der Waals surface area contributed by atoms with E-state index < -0.39 is 17.4 Å². The molecular formula is C15H18N2O4. The van der Waals surface area contributed by atoms with Gasteiger partial charge in [-0.25, -0.2) is 4.79 Å². The molecule has 6 heteroatoms. The summed E-state index contributed by atoms with van der Waals surface area (Å²) in [6, 6.07) is 9.54. The molecule has 2 rings (SSSR count). The molecule has 6 nitrogen and oxygen atoms in total. The summed E-state index contributed by atoms with van der Waals surface area (Å²) in [5.74, 6) is -0.946. The van der Waals surface area contributed by atoms with Crippen molar-refractivity contribution in [2.45, 2.75) is 31.9 Å². The number of rotatable bonds is 4. The summed E-state index contributed by atoms with van der Waals surface area (Å²) >= 11 is 0. The van der Waals surface area contributed by atoms with E-state index in [0.717, 1.165) is 5.56 Å². The number of amides is 1. The number of methoxy groups -OCH3 is 1. The van der Waals surface area contributed by atoms with Gasteiger partial charge in [-0.15, -0.1) is 0 Å². The molecule has 1 heterocycles. The van der Waals surface area contributed by atoms with Gasteiger partial charge in [-0.3, -0.25) is 4.79 Å². The Bertz CT molecular complexity index is 566. The van der Waals surface area contributed by atoms with Gasteiger partial charge in [0.2, 0.25) is 0 Å². The number of nitrogens with zero attached hydrogens (tertiary/aromatic N) is 1. The van der Waals surface area contributed by atoms with Crippen LogP contribution in [0.15, 0.2) is 35.5 Å².